The molecule has 0 aromatic rings. The molecule has 2 heterocycles. The highest BCUT2D eigenvalue weighted by Crippen LogP contribution is 2.18. The van der Waals surface area contributed by atoms with E-state index in [4.69, 9.17) is 0 Å². The number of pyridine rings is 1. The zero-order chi connectivity index (χ0) is 7.68. The second kappa shape index (κ2) is 2.38. The summed E-state index contributed by atoms with van der Waals surface area (Å²) in [5.74, 6) is 0. The molecule has 0 amide bonds. The summed E-state index contributed by atoms with van der Waals surface area (Å²) in [6.07, 6.45) is 3.92. The molecule has 0 aliphatic carbocycles. The topological polar surface area (TPSA) is 17.8 Å². The summed E-state index contributed by atoms with van der Waals surface area (Å²) in [4.78, 5) is 4.21. The molecule has 56 valence electrons. The van der Waals surface area contributed by atoms with E-state index in [-0.39, 0.29) is 0 Å². The van der Waals surface area contributed by atoms with Gasteiger partial charge in [0, 0.05) is 18.9 Å². The summed E-state index contributed by atoms with van der Waals surface area (Å²) in [5, 5.41) is 0. The van der Waals surface area contributed by atoms with Crippen LogP contribution in [-0.4, -0.2) is 9.55 Å². The number of rotatable bonds is 1. The third kappa shape index (κ3) is 0.909. The van der Waals surface area contributed by atoms with Gasteiger partial charge in [-0.2, -0.15) is 0 Å². The lowest BCUT2D eigenvalue weighted by Gasteiger charge is -2.07. The number of hydrogen-bond acceptors (Lipinski definition) is 1. The van der Waals surface area contributed by atoms with Crippen LogP contribution in [0.15, 0.2) is 30.6 Å². The zero-order valence-electron chi connectivity index (χ0n) is 6.49. The van der Waals surface area contributed by atoms with Gasteiger partial charge < -0.3 is 4.57 Å². The van der Waals surface area contributed by atoms with E-state index in [2.05, 4.69) is 22.7 Å². The molecule has 2 heteroatoms. The SMILES string of the molecule is CCn1cccc2nccc1-2. The van der Waals surface area contributed by atoms with Crippen molar-refractivity contribution < 1.29 is 0 Å². The van der Waals surface area contributed by atoms with Gasteiger partial charge in [-0.1, -0.05) is 0 Å². The molecule has 2 aliphatic rings. The molecule has 2 rings (SSSR count). The van der Waals surface area contributed by atoms with Crippen molar-refractivity contribution in [2.75, 3.05) is 0 Å². The van der Waals surface area contributed by atoms with Crippen LogP contribution in [0.3, 0.4) is 0 Å². The van der Waals surface area contributed by atoms with Gasteiger partial charge in [0.15, 0.2) is 0 Å². The zero-order valence-corrected chi connectivity index (χ0v) is 6.49. The van der Waals surface area contributed by atoms with Gasteiger partial charge in [-0.25, -0.2) is 0 Å². The highest BCUT2D eigenvalue weighted by molar-refractivity contribution is 5.56. The summed E-state index contributed by atoms with van der Waals surface area (Å²) >= 11 is 0. The highest BCUT2D eigenvalue weighted by atomic mass is 15.0. The monoisotopic (exact) mass is 146 g/mol. The Morgan fingerprint density at radius 2 is 2.36 bits per heavy atom. The molecule has 0 aromatic heterocycles. The second-order valence-electron chi connectivity index (χ2n) is 2.51. The van der Waals surface area contributed by atoms with E-state index >= 15 is 0 Å². The predicted octanol–water partition coefficient (Wildman–Crippen LogP) is 2.01. The maximum Gasteiger partial charge on any atom is 0.0867 e. The number of aryl methyl sites for hydroxylation is 1. The van der Waals surface area contributed by atoms with Crippen molar-refractivity contribution in [1.82, 2.24) is 9.55 Å². The molecule has 0 bridgehead atoms. The van der Waals surface area contributed by atoms with Crippen LogP contribution in [0.4, 0.5) is 0 Å². The molecule has 0 radical (unpaired) electrons. The van der Waals surface area contributed by atoms with Crippen molar-refractivity contribution in [1.29, 1.82) is 0 Å². The molecule has 2 nitrogen and oxygen atoms in total. The van der Waals surface area contributed by atoms with Crippen LogP contribution in [0, 0.1) is 0 Å². The molecule has 0 spiro atoms. The fourth-order valence-corrected chi connectivity index (χ4v) is 1.31. The lowest BCUT2D eigenvalue weighted by atomic mass is 10.3. The Labute approximate surface area is 65.8 Å². The standard InChI is InChI=1S/C9H10N2/c1-2-11-7-3-4-8-9(11)5-6-10-8/h3-7H,2H2,1H3. The molecule has 2 aliphatic heterocycles. The molecule has 11 heavy (non-hydrogen) atoms. The Balaban J connectivity index is 2.66. The lowest BCUT2D eigenvalue weighted by Crippen LogP contribution is -1.98. The van der Waals surface area contributed by atoms with E-state index in [0.717, 1.165) is 12.2 Å². The molecule has 0 N–H and O–H groups in total. The minimum absolute atomic E-state index is 1.00. The van der Waals surface area contributed by atoms with Gasteiger partial charge in [0.1, 0.15) is 0 Å². The van der Waals surface area contributed by atoms with Crippen LogP contribution in [-0.2, 0) is 6.54 Å². The largest absolute Gasteiger partial charge is 0.346 e. The first kappa shape index (κ1) is 6.40. The average molecular weight is 146 g/mol. The molecule has 0 saturated heterocycles. The maximum atomic E-state index is 4.21. The fraction of sp³-hybridized carbons (Fsp3) is 0.222. The molecule has 0 atom stereocenters. The summed E-state index contributed by atoms with van der Waals surface area (Å²) in [5.41, 5.74) is 2.30. The number of fused-ring (bicyclic) bond motifs is 1. The van der Waals surface area contributed by atoms with Crippen molar-refractivity contribution in [2.24, 2.45) is 0 Å². The van der Waals surface area contributed by atoms with E-state index in [1.54, 1.807) is 0 Å². The average Bonchev–Trinajstić information content (AvgIpc) is 2.50. The molecule has 0 saturated carbocycles. The van der Waals surface area contributed by atoms with E-state index in [1.165, 1.54) is 5.69 Å². The Hall–Kier alpha value is -1.31. The normalized spacial score (nSPS) is 10.6. The van der Waals surface area contributed by atoms with Gasteiger partial charge in [0.2, 0.25) is 0 Å². The first-order valence-electron chi connectivity index (χ1n) is 3.81. The van der Waals surface area contributed by atoms with Crippen molar-refractivity contribution in [3.05, 3.63) is 30.6 Å². The van der Waals surface area contributed by atoms with Crippen molar-refractivity contribution in [3.8, 4) is 11.4 Å². The molecule has 0 aromatic carbocycles. The van der Waals surface area contributed by atoms with Crippen LogP contribution in [0.5, 0.6) is 0 Å². The second-order valence-corrected chi connectivity index (χ2v) is 2.51. The van der Waals surface area contributed by atoms with Gasteiger partial charge in [-0.05, 0) is 25.1 Å². The predicted molar refractivity (Wildman–Crippen MR) is 44.5 cm³/mol. The highest BCUT2D eigenvalue weighted by Gasteiger charge is 2.03. The fourth-order valence-electron chi connectivity index (χ4n) is 1.31. The van der Waals surface area contributed by atoms with Gasteiger partial charge in [0.25, 0.3) is 0 Å². The van der Waals surface area contributed by atoms with Crippen LogP contribution >= 0.6 is 0 Å². The molecular formula is C9H10N2. The van der Waals surface area contributed by atoms with Crippen LogP contribution in [0.25, 0.3) is 11.4 Å². The Morgan fingerprint density at radius 1 is 1.45 bits per heavy atom. The van der Waals surface area contributed by atoms with Crippen LogP contribution < -0.4 is 0 Å². The smallest absolute Gasteiger partial charge is 0.0867 e. The lowest BCUT2D eigenvalue weighted by molar-refractivity contribution is 0.764. The van der Waals surface area contributed by atoms with Crippen molar-refractivity contribution in [3.63, 3.8) is 0 Å². The van der Waals surface area contributed by atoms with E-state index in [1.807, 2.05) is 24.4 Å². The van der Waals surface area contributed by atoms with E-state index in [0.29, 0.717) is 0 Å². The number of aromatic nitrogens is 2. The number of hydrogen-bond donors (Lipinski definition) is 0. The maximum absolute atomic E-state index is 4.21. The summed E-state index contributed by atoms with van der Waals surface area (Å²) in [6, 6.07) is 6.10. The van der Waals surface area contributed by atoms with Gasteiger partial charge in [0.05, 0.1) is 11.4 Å². The van der Waals surface area contributed by atoms with E-state index in [9.17, 15) is 0 Å². The van der Waals surface area contributed by atoms with Gasteiger partial charge in [-0.15, -0.1) is 0 Å². The Morgan fingerprint density at radius 3 is 3.18 bits per heavy atom. The molecular weight excluding hydrogens is 136 g/mol. The molecule has 0 unspecified atom stereocenters. The summed E-state index contributed by atoms with van der Waals surface area (Å²) < 4.78 is 2.18. The minimum Gasteiger partial charge on any atom is -0.346 e. The Bertz CT molecular complexity index is 324. The Kier molecular flexibility index (Phi) is 1.39. The van der Waals surface area contributed by atoms with Crippen LogP contribution in [0.2, 0.25) is 0 Å². The van der Waals surface area contributed by atoms with E-state index < -0.39 is 0 Å². The van der Waals surface area contributed by atoms with Crippen molar-refractivity contribution in [2.45, 2.75) is 13.5 Å². The van der Waals surface area contributed by atoms with Crippen LogP contribution in [0.1, 0.15) is 6.92 Å². The third-order valence-electron chi connectivity index (χ3n) is 1.88. The molecule has 0 fully saturated rings. The number of nitrogens with zero attached hydrogens (tertiary/aromatic N) is 2. The third-order valence-corrected chi connectivity index (χ3v) is 1.88. The first-order chi connectivity index (χ1) is 5.42. The first-order valence-corrected chi connectivity index (χ1v) is 3.81. The van der Waals surface area contributed by atoms with Gasteiger partial charge >= 0.3 is 0 Å². The minimum atomic E-state index is 1.00. The summed E-state index contributed by atoms with van der Waals surface area (Å²) in [7, 11) is 0. The quantitative estimate of drug-likeness (QED) is 0.601. The van der Waals surface area contributed by atoms with Gasteiger partial charge in [-0.3, -0.25) is 4.98 Å². The van der Waals surface area contributed by atoms with Crippen molar-refractivity contribution >= 4 is 0 Å². The summed E-state index contributed by atoms with van der Waals surface area (Å²) in [6.45, 7) is 3.13.